The zero-order valence-corrected chi connectivity index (χ0v) is 11.8. The third-order valence-electron chi connectivity index (χ3n) is 2.68. The molecule has 0 aliphatic carbocycles. The zero-order chi connectivity index (χ0) is 14.4. The van der Waals surface area contributed by atoms with Crippen molar-refractivity contribution in [1.29, 1.82) is 0 Å². The molecule has 0 aliphatic heterocycles. The molecule has 0 radical (unpaired) electrons. The Kier molecular flexibility index (Phi) is 4.96. The molecule has 0 unspecified atom stereocenters. The summed E-state index contributed by atoms with van der Waals surface area (Å²) in [5.41, 5.74) is 0. The Balaban J connectivity index is 2.04. The van der Waals surface area contributed by atoms with Crippen molar-refractivity contribution >= 4 is 23.3 Å². The van der Waals surface area contributed by atoms with Gasteiger partial charge in [0.15, 0.2) is 11.9 Å². The molecular formula is C15H15ClN2O2. The molecule has 1 aromatic heterocycles. The average Bonchev–Trinajstić information content (AvgIpc) is 2.48. The average molecular weight is 291 g/mol. The van der Waals surface area contributed by atoms with Crippen LogP contribution in [-0.4, -0.2) is 17.0 Å². The van der Waals surface area contributed by atoms with E-state index >= 15 is 0 Å². The van der Waals surface area contributed by atoms with Crippen molar-refractivity contribution in [3.63, 3.8) is 0 Å². The van der Waals surface area contributed by atoms with Gasteiger partial charge < -0.3 is 10.1 Å². The summed E-state index contributed by atoms with van der Waals surface area (Å²) in [5, 5.41) is 3.07. The zero-order valence-electron chi connectivity index (χ0n) is 11.0. The lowest BCUT2D eigenvalue weighted by Gasteiger charge is -2.17. The van der Waals surface area contributed by atoms with Crippen LogP contribution in [0.4, 0.5) is 5.82 Å². The minimum absolute atomic E-state index is 0.267. The molecule has 5 heteroatoms. The summed E-state index contributed by atoms with van der Waals surface area (Å²) in [4.78, 5) is 16.2. The number of amides is 1. The molecule has 1 atom stereocenters. The van der Waals surface area contributed by atoms with Crippen molar-refractivity contribution in [3.8, 4) is 5.75 Å². The lowest BCUT2D eigenvalue weighted by Crippen LogP contribution is -2.32. The number of pyridine rings is 1. The fourth-order valence-corrected chi connectivity index (χ4v) is 1.83. The van der Waals surface area contributed by atoms with Gasteiger partial charge in [-0.05, 0) is 30.7 Å². The van der Waals surface area contributed by atoms with Crippen molar-refractivity contribution in [1.82, 2.24) is 4.98 Å². The molecule has 0 saturated heterocycles. The third kappa shape index (κ3) is 3.71. The highest BCUT2D eigenvalue weighted by atomic mass is 35.5. The summed E-state index contributed by atoms with van der Waals surface area (Å²) in [6.45, 7) is 1.88. The van der Waals surface area contributed by atoms with Gasteiger partial charge in [-0.15, -0.1) is 0 Å². The highest BCUT2D eigenvalue weighted by Crippen LogP contribution is 2.19. The predicted octanol–water partition coefficient (Wildman–Crippen LogP) is 3.53. The van der Waals surface area contributed by atoms with Crippen LogP contribution in [0.3, 0.4) is 0 Å². The maximum absolute atomic E-state index is 12.2. The molecule has 2 rings (SSSR count). The number of anilines is 1. The Morgan fingerprint density at radius 2 is 2.05 bits per heavy atom. The Bertz CT molecular complexity index is 575. The fraction of sp³-hybridized carbons (Fsp3) is 0.200. The molecular weight excluding hydrogens is 276 g/mol. The molecule has 1 aromatic carbocycles. The number of carbonyl (C=O) groups excluding carboxylic acids is 1. The Morgan fingerprint density at radius 3 is 2.70 bits per heavy atom. The number of halogens is 1. The molecule has 0 saturated carbocycles. The third-order valence-corrected chi connectivity index (χ3v) is 2.99. The summed E-state index contributed by atoms with van der Waals surface area (Å²) in [7, 11) is 0. The Morgan fingerprint density at radius 1 is 1.30 bits per heavy atom. The number of carbonyl (C=O) groups is 1. The molecule has 1 N–H and O–H groups in total. The second kappa shape index (κ2) is 6.91. The van der Waals surface area contributed by atoms with E-state index in [0.29, 0.717) is 23.0 Å². The van der Waals surface area contributed by atoms with E-state index in [0.717, 1.165) is 0 Å². The van der Waals surface area contributed by atoms with Crippen LogP contribution in [0.15, 0.2) is 48.7 Å². The molecule has 104 valence electrons. The van der Waals surface area contributed by atoms with E-state index in [1.54, 1.807) is 18.3 Å². The summed E-state index contributed by atoms with van der Waals surface area (Å²) < 4.78 is 5.65. The van der Waals surface area contributed by atoms with Gasteiger partial charge >= 0.3 is 0 Å². The van der Waals surface area contributed by atoms with Crippen molar-refractivity contribution in [2.75, 3.05) is 5.32 Å². The molecule has 1 amide bonds. The van der Waals surface area contributed by atoms with Crippen LogP contribution in [-0.2, 0) is 4.79 Å². The largest absolute Gasteiger partial charge is 0.481 e. The highest BCUT2D eigenvalue weighted by molar-refractivity contribution is 6.33. The first-order chi connectivity index (χ1) is 9.70. The smallest absolute Gasteiger partial charge is 0.266 e. The normalized spacial score (nSPS) is 11.7. The van der Waals surface area contributed by atoms with E-state index < -0.39 is 6.10 Å². The first-order valence-corrected chi connectivity index (χ1v) is 6.71. The summed E-state index contributed by atoms with van der Waals surface area (Å²) in [6.07, 6.45) is 1.53. The van der Waals surface area contributed by atoms with Gasteiger partial charge in [-0.1, -0.05) is 36.7 Å². The number of hydrogen-bond donors (Lipinski definition) is 1. The number of aromatic nitrogens is 1. The van der Waals surface area contributed by atoms with Crippen LogP contribution in [0.2, 0.25) is 5.02 Å². The monoisotopic (exact) mass is 290 g/mol. The number of benzene rings is 1. The van der Waals surface area contributed by atoms with E-state index in [1.807, 2.05) is 37.3 Å². The van der Waals surface area contributed by atoms with Gasteiger partial charge in [0.25, 0.3) is 5.91 Å². The summed E-state index contributed by atoms with van der Waals surface area (Å²) in [6, 6.07) is 12.6. The number of para-hydroxylation sites is 1. The number of hydrogen-bond acceptors (Lipinski definition) is 3. The SMILES string of the molecule is CC[C@H](Oc1ccccc1)C(=O)Nc1ncccc1Cl. The lowest BCUT2D eigenvalue weighted by atomic mass is 10.2. The topological polar surface area (TPSA) is 51.2 Å². The van der Waals surface area contributed by atoms with Crippen LogP contribution >= 0.6 is 11.6 Å². The van der Waals surface area contributed by atoms with Gasteiger partial charge in [0.1, 0.15) is 5.75 Å². The minimum atomic E-state index is -0.588. The minimum Gasteiger partial charge on any atom is -0.481 e. The van der Waals surface area contributed by atoms with Crippen molar-refractivity contribution in [2.45, 2.75) is 19.4 Å². The van der Waals surface area contributed by atoms with Crippen LogP contribution < -0.4 is 10.1 Å². The van der Waals surface area contributed by atoms with Crippen LogP contribution in [0.25, 0.3) is 0 Å². The number of ether oxygens (including phenoxy) is 1. The molecule has 2 aromatic rings. The van der Waals surface area contributed by atoms with Crippen LogP contribution in [0, 0.1) is 0 Å². The second-order valence-electron chi connectivity index (χ2n) is 4.15. The van der Waals surface area contributed by atoms with E-state index in [9.17, 15) is 4.79 Å². The molecule has 0 bridgehead atoms. The van der Waals surface area contributed by atoms with Gasteiger partial charge in [-0.3, -0.25) is 4.79 Å². The molecule has 1 heterocycles. The first-order valence-electron chi connectivity index (χ1n) is 6.33. The van der Waals surface area contributed by atoms with Gasteiger partial charge in [-0.2, -0.15) is 0 Å². The second-order valence-corrected chi connectivity index (χ2v) is 4.56. The number of rotatable bonds is 5. The van der Waals surface area contributed by atoms with E-state index in [1.165, 1.54) is 0 Å². The molecule has 4 nitrogen and oxygen atoms in total. The Hall–Kier alpha value is -2.07. The number of nitrogens with one attached hydrogen (secondary N) is 1. The molecule has 0 aliphatic rings. The van der Waals surface area contributed by atoms with Crippen molar-refractivity contribution in [2.24, 2.45) is 0 Å². The highest BCUT2D eigenvalue weighted by Gasteiger charge is 2.19. The lowest BCUT2D eigenvalue weighted by molar-refractivity contribution is -0.122. The number of nitrogens with zero attached hydrogens (tertiary/aromatic N) is 1. The maximum Gasteiger partial charge on any atom is 0.266 e. The summed E-state index contributed by atoms with van der Waals surface area (Å²) >= 11 is 5.96. The first kappa shape index (κ1) is 14.3. The van der Waals surface area contributed by atoms with Crippen molar-refractivity contribution in [3.05, 3.63) is 53.7 Å². The van der Waals surface area contributed by atoms with Gasteiger partial charge in [0.05, 0.1) is 5.02 Å². The van der Waals surface area contributed by atoms with Crippen LogP contribution in [0.1, 0.15) is 13.3 Å². The van der Waals surface area contributed by atoms with Crippen molar-refractivity contribution < 1.29 is 9.53 Å². The quantitative estimate of drug-likeness (QED) is 0.916. The van der Waals surface area contributed by atoms with E-state index in [4.69, 9.17) is 16.3 Å². The molecule has 0 fully saturated rings. The Labute approximate surface area is 122 Å². The molecule has 20 heavy (non-hydrogen) atoms. The maximum atomic E-state index is 12.2. The van der Waals surface area contributed by atoms with Gasteiger partial charge in [0, 0.05) is 6.20 Å². The summed E-state index contributed by atoms with van der Waals surface area (Å²) in [5.74, 6) is 0.729. The van der Waals surface area contributed by atoms with Gasteiger partial charge in [-0.25, -0.2) is 4.98 Å². The van der Waals surface area contributed by atoms with E-state index in [2.05, 4.69) is 10.3 Å². The molecule has 0 spiro atoms. The predicted molar refractivity (Wildman–Crippen MR) is 79.0 cm³/mol. The van der Waals surface area contributed by atoms with Crippen LogP contribution in [0.5, 0.6) is 5.75 Å². The fourth-order valence-electron chi connectivity index (χ4n) is 1.66. The van der Waals surface area contributed by atoms with Gasteiger partial charge in [0.2, 0.25) is 0 Å². The van der Waals surface area contributed by atoms with E-state index in [-0.39, 0.29) is 5.91 Å². The standard InChI is InChI=1S/C15H15ClN2O2/c1-2-13(20-11-7-4-3-5-8-11)15(19)18-14-12(16)9-6-10-17-14/h3-10,13H,2H2,1H3,(H,17,18,19)/t13-/m0/s1.